The van der Waals surface area contributed by atoms with E-state index in [1.54, 1.807) is 18.0 Å². The summed E-state index contributed by atoms with van der Waals surface area (Å²) in [7, 11) is 0. The summed E-state index contributed by atoms with van der Waals surface area (Å²) < 4.78 is 4.99. The molecule has 20 heavy (non-hydrogen) atoms. The van der Waals surface area contributed by atoms with Gasteiger partial charge in [-0.1, -0.05) is 18.2 Å². The maximum absolute atomic E-state index is 11.2. The van der Waals surface area contributed by atoms with Crippen molar-refractivity contribution in [1.29, 1.82) is 0 Å². The number of benzene rings is 1. The lowest BCUT2D eigenvalue weighted by Gasteiger charge is -2.06. The highest BCUT2D eigenvalue weighted by Gasteiger charge is 2.07. The quantitative estimate of drug-likeness (QED) is 0.354. The lowest BCUT2D eigenvalue weighted by atomic mass is 10.2. The smallest absolute Gasteiger partial charge is 0.313 e. The number of carbonyl (C=O) groups is 2. The second-order valence-electron chi connectivity index (χ2n) is 4.28. The van der Waals surface area contributed by atoms with Crippen LogP contribution in [-0.2, 0) is 14.3 Å². The van der Waals surface area contributed by atoms with Gasteiger partial charge in [0.05, 0.1) is 5.52 Å². The number of aromatic nitrogens is 1. The molecule has 0 N–H and O–H groups in total. The molecule has 1 aromatic carbocycles. The van der Waals surface area contributed by atoms with Crippen molar-refractivity contribution in [2.75, 3.05) is 12.4 Å². The summed E-state index contributed by atoms with van der Waals surface area (Å²) in [4.78, 5) is 27.4. The molecule has 0 amide bonds. The number of carbonyl (C=O) groups excluding carboxylic acids is 2. The number of para-hydroxylation sites is 1. The van der Waals surface area contributed by atoms with Crippen molar-refractivity contribution in [2.45, 2.75) is 18.2 Å². The van der Waals surface area contributed by atoms with Crippen molar-refractivity contribution in [3.05, 3.63) is 36.5 Å². The van der Waals surface area contributed by atoms with E-state index in [4.69, 9.17) is 4.74 Å². The molecule has 4 nitrogen and oxygen atoms in total. The van der Waals surface area contributed by atoms with Crippen molar-refractivity contribution in [1.82, 2.24) is 4.98 Å². The minimum absolute atomic E-state index is 0.152. The van der Waals surface area contributed by atoms with Crippen molar-refractivity contribution >= 4 is 34.4 Å². The standard InChI is InChI=1S/C15H15NO3S/c1-11(17)10-14(18)19-8-9-20-13-6-2-4-12-5-3-7-16-15(12)13/h2-7H,8-10H2,1H3. The van der Waals surface area contributed by atoms with Crippen LogP contribution in [0.15, 0.2) is 41.4 Å². The molecule has 5 heteroatoms. The Bertz CT molecular complexity index is 622. The van der Waals surface area contributed by atoms with Crippen LogP contribution in [0.25, 0.3) is 10.9 Å². The van der Waals surface area contributed by atoms with E-state index in [-0.39, 0.29) is 12.2 Å². The Hall–Kier alpha value is -1.88. The van der Waals surface area contributed by atoms with Crippen LogP contribution >= 0.6 is 11.8 Å². The lowest BCUT2D eigenvalue weighted by molar-refractivity contribution is -0.145. The number of ketones is 1. The molecule has 0 aliphatic rings. The van der Waals surface area contributed by atoms with Crippen molar-refractivity contribution in [3.63, 3.8) is 0 Å². The van der Waals surface area contributed by atoms with Gasteiger partial charge in [-0.2, -0.15) is 0 Å². The van der Waals surface area contributed by atoms with Gasteiger partial charge in [0.25, 0.3) is 0 Å². The van der Waals surface area contributed by atoms with E-state index in [0.717, 1.165) is 15.8 Å². The van der Waals surface area contributed by atoms with Gasteiger partial charge in [0.2, 0.25) is 0 Å². The normalized spacial score (nSPS) is 10.4. The molecule has 1 heterocycles. The predicted octanol–water partition coefficient (Wildman–Crippen LogP) is 2.85. The number of rotatable bonds is 6. The predicted molar refractivity (Wildman–Crippen MR) is 78.7 cm³/mol. The zero-order valence-corrected chi connectivity index (χ0v) is 12.0. The molecular formula is C15H15NO3S. The Morgan fingerprint density at radius 3 is 2.85 bits per heavy atom. The minimum atomic E-state index is -0.464. The van der Waals surface area contributed by atoms with Gasteiger partial charge in [-0.3, -0.25) is 14.6 Å². The number of fused-ring (bicyclic) bond motifs is 1. The average molecular weight is 289 g/mol. The number of pyridine rings is 1. The van der Waals surface area contributed by atoms with Gasteiger partial charge < -0.3 is 4.74 Å². The number of Topliss-reactive ketones (excluding diaryl/α,β-unsaturated/α-hetero) is 1. The third kappa shape index (κ3) is 4.06. The average Bonchev–Trinajstić information content (AvgIpc) is 2.43. The first-order valence-electron chi connectivity index (χ1n) is 6.28. The maximum atomic E-state index is 11.2. The van der Waals surface area contributed by atoms with Crippen LogP contribution < -0.4 is 0 Å². The number of esters is 1. The third-order valence-corrected chi connectivity index (χ3v) is 3.60. The Morgan fingerprint density at radius 1 is 1.25 bits per heavy atom. The molecule has 0 saturated heterocycles. The SMILES string of the molecule is CC(=O)CC(=O)OCCSc1cccc2cccnc12. The molecule has 2 aromatic rings. The van der Waals surface area contributed by atoms with E-state index < -0.39 is 5.97 Å². The zero-order valence-electron chi connectivity index (χ0n) is 11.2. The zero-order chi connectivity index (χ0) is 14.4. The Kier molecular flexibility index (Phi) is 5.12. The van der Waals surface area contributed by atoms with Gasteiger partial charge >= 0.3 is 5.97 Å². The first-order chi connectivity index (χ1) is 9.66. The molecule has 0 fully saturated rings. The lowest BCUT2D eigenvalue weighted by Crippen LogP contribution is -2.10. The molecule has 0 aliphatic carbocycles. The molecule has 2 rings (SSSR count). The van der Waals surface area contributed by atoms with Gasteiger partial charge in [0.15, 0.2) is 0 Å². The topological polar surface area (TPSA) is 56.3 Å². The van der Waals surface area contributed by atoms with E-state index >= 15 is 0 Å². The van der Waals surface area contributed by atoms with Crippen LogP contribution in [0.4, 0.5) is 0 Å². The van der Waals surface area contributed by atoms with Gasteiger partial charge in [0, 0.05) is 22.2 Å². The van der Waals surface area contributed by atoms with Crippen LogP contribution in [0.3, 0.4) is 0 Å². The van der Waals surface area contributed by atoms with Crippen LogP contribution in [0.5, 0.6) is 0 Å². The van der Waals surface area contributed by atoms with Crippen molar-refractivity contribution in [3.8, 4) is 0 Å². The molecule has 0 saturated carbocycles. The molecule has 0 atom stereocenters. The van der Waals surface area contributed by atoms with Crippen LogP contribution in [0.2, 0.25) is 0 Å². The van der Waals surface area contributed by atoms with Crippen molar-refractivity contribution < 1.29 is 14.3 Å². The van der Waals surface area contributed by atoms with Crippen LogP contribution in [-0.4, -0.2) is 29.1 Å². The Balaban J connectivity index is 1.87. The summed E-state index contributed by atoms with van der Waals surface area (Å²) in [6.45, 7) is 1.66. The second-order valence-corrected chi connectivity index (χ2v) is 5.42. The highest BCUT2D eigenvalue weighted by molar-refractivity contribution is 7.99. The fourth-order valence-corrected chi connectivity index (χ4v) is 2.62. The Labute approximate surface area is 121 Å². The maximum Gasteiger partial charge on any atom is 0.313 e. The summed E-state index contributed by atoms with van der Waals surface area (Å²) in [6.07, 6.45) is 1.61. The van der Waals surface area contributed by atoms with Crippen molar-refractivity contribution in [2.24, 2.45) is 0 Å². The van der Waals surface area contributed by atoms with Crippen LogP contribution in [0, 0.1) is 0 Å². The third-order valence-electron chi connectivity index (χ3n) is 2.59. The second kappa shape index (κ2) is 7.05. The van der Waals surface area contributed by atoms with E-state index in [0.29, 0.717) is 12.4 Å². The monoisotopic (exact) mass is 289 g/mol. The van der Waals surface area contributed by atoms with Gasteiger partial charge in [0.1, 0.15) is 18.8 Å². The molecular weight excluding hydrogens is 274 g/mol. The number of hydrogen-bond acceptors (Lipinski definition) is 5. The molecule has 0 bridgehead atoms. The van der Waals surface area contributed by atoms with E-state index in [2.05, 4.69) is 4.98 Å². The van der Waals surface area contributed by atoms with Gasteiger partial charge in [-0.15, -0.1) is 11.8 Å². The molecule has 0 spiro atoms. The largest absolute Gasteiger partial charge is 0.464 e. The summed E-state index contributed by atoms with van der Waals surface area (Å²) in [6, 6.07) is 9.91. The summed E-state index contributed by atoms with van der Waals surface area (Å²) in [5, 5.41) is 1.09. The molecule has 0 radical (unpaired) electrons. The fraction of sp³-hybridized carbons (Fsp3) is 0.267. The van der Waals surface area contributed by atoms with Gasteiger partial charge in [-0.25, -0.2) is 0 Å². The molecule has 0 unspecified atom stereocenters. The first kappa shape index (κ1) is 14.5. The highest BCUT2D eigenvalue weighted by Crippen LogP contribution is 2.25. The van der Waals surface area contributed by atoms with Gasteiger partial charge in [-0.05, 0) is 19.1 Å². The molecule has 104 valence electrons. The first-order valence-corrected chi connectivity index (χ1v) is 7.27. The summed E-state index contributed by atoms with van der Waals surface area (Å²) >= 11 is 1.59. The number of hydrogen-bond donors (Lipinski definition) is 0. The summed E-state index contributed by atoms with van der Waals surface area (Å²) in [5.41, 5.74) is 0.954. The fourth-order valence-electron chi connectivity index (χ4n) is 1.75. The molecule has 0 aliphatic heterocycles. The van der Waals surface area contributed by atoms with Crippen LogP contribution in [0.1, 0.15) is 13.3 Å². The van der Waals surface area contributed by atoms with E-state index in [1.165, 1.54) is 6.92 Å². The number of ether oxygens (including phenoxy) is 1. The minimum Gasteiger partial charge on any atom is -0.464 e. The van der Waals surface area contributed by atoms with E-state index in [9.17, 15) is 9.59 Å². The Morgan fingerprint density at radius 2 is 2.05 bits per heavy atom. The van der Waals surface area contributed by atoms with E-state index in [1.807, 2.05) is 30.3 Å². The molecule has 1 aromatic heterocycles. The highest BCUT2D eigenvalue weighted by atomic mass is 32.2. The summed E-state index contributed by atoms with van der Waals surface area (Å²) in [5.74, 6) is -0.00524. The number of nitrogens with zero attached hydrogens (tertiary/aromatic N) is 1. The number of thioether (sulfide) groups is 1.